The summed E-state index contributed by atoms with van der Waals surface area (Å²) in [5.74, 6) is -0.166. The third-order valence-corrected chi connectivity index (χ3v) is 4.05. The Hall–Kier alpha value is -1.85. The van der Waals surface area contributed by atoms with Crippen LogP contribution < -0.4 is 5.32 Å². The quantitative estimate of drug-likeness (QED) is 0.916. The van der Waals surface area contributed by atoms with E-state index in [1.807, 2.05) is 25.1 Å². The average Bonchev–Trinajstić information content (AvgIpc) is 3.09. The summed E-state index contributed by atoms with van der Waals surface area (Å²) in [5.41, 5.74) is 1.88. The van der Waals surface area contributed by atoms with Crippen molar-refractivity contribution < 1.29 is 9.53 Å². The Bertz CT molecular complexity index is 656. The number of hydrogen-bond donors (Lipinski definition) is 2. The Morgan fingerprint density at radius 2 is 2.29 bits per heavy atom. The van der Waals surface area contributed by atoms with Crippen LogP contribution in [0.1, 0.15) is 23.7 Å². The van der Waals surface area contributed by atoms with Crippen molar-refractivity contribution in [2.75, 3.05) is 6.61 Å². The molecule has 0 unspecified atom stereocenters. The summed E-state index contributed by atoms with van der Waals surface area (Å²) in [5, 5.41) is 10.4. The average molecular weight is 306 g/mol. The second-order valence-electron chi connectivity index (χ2n) is 5.08. The molecule has 1 aromatic heterocycles. The SMILES string of the molecule is C[C@H]1OCC[C@H]1NC(=O)c1cn[nH]c1-c1ccccc1Cl. The van der Waals surface area contributed by atoms with Gasteiger partial charge in [0.1, 0.15) is 0 Å². The molecule has 0 bridgehead atoms. The molecule has 1 amide bonds. The minimum Gasteiger partial charge on any atom is -0.376 e. The van der Waals surface area contributed by atoms with Crippen molar-refractivity contribution in [1.29, 1.82) is 0 Å². The fraction of sp³-hybridized carbons (Fsp3) is 0.333. The second kappa shape index (κ2) is 5.87. The first kappa shape index (κ1) is 14.1. The number of aromatic amines is 1. The van der Waals surface area contributed by atoms with E-state index in [4.69, 9.17) is 16.3 Å². The highest BCUT2D eigenvalue weighted by molar-refractivity contribution is 6.33. The van der Waals surface area contributed by atoms with E-state index in [-0.39, 0.29) is 18.1 Å². The monoisotopic (exact) mass is 305 g/mol. The van der Waals surface area contributed by atoms with Crippen LogP contribution in [0.4, 0.5) is 0 Å². The van der Waals surface area contributed by atoms with E-state index in [9.17, 15) is 4.79 Å². The summed E-state index contributed by atoms with van der Waals surface area (Å²) in [7, 11) is 0. The molecule has 1 aromatic carbocycles. The van der Waals surface area contributed by atoms with Crippen molar-refractivity contribution in [2.24, 2.45) is 0 Å². The zero-order chi connectivity index (χ0) is 14.8. The molecule has 0 aliphatic carbocycles. The van der Waals surface area contributed by atoms with Crippen molar-refractivity contribution in [3.8, 4) is 11.3 Å². The molecule has 0 saturated carbocycles. The minimum atomic E-state index is -0.166. The third-order valence-electron chi connectivity index (χ3n) is 3.72. The van der Waals surface area contributed by atoms with Crippen LogP contribution in [0.25, 0.3) is 11.3 Å². The van der Waals surface area contributed by atoms with Crippen LogP contribution in [0.5, 0.6) is 0 Å². The van der Waals surface area contributed by atoms with Crippen LogP contribution in [0.2, 0.25) is 5.02 Å². The van der Waals surface area contributed by atoms with Gasteiger partial charge in [0.05, 0.1) is 29.6 Å². The van der Waals surface area contributed by atoms with Gasteiger partial charge in [-0.3, -0.25) is 9.89 Å². The number of benzene rings is 1. The largest absolute Gasteiger partial charge is 0.376 e. The number of halogens is 1. The molecule has 0 spiro atoms. The van der Waals surface area contributed by atoms with Crippen molar-refractivity contribution in [3.05, 3.63) is 41.0 Å². The molecule has 2 heterocycles. The maximum absolute atomic E-state index is 12.4. The number of carbonyl (C=O) groups is 1. The normalized spacial score (nSPS) is 21.4. The summed E-state index contributed by atoms with van der Waals surface area (Å²) in [4.78, 5) is 12.4. The number of carbonyl (C=O) groups excluding carboxylic acids is 1. The number of amides is 1. The van der Waals surface area contributed by atoms with Gasteiger partial charge in [-0.05, 0) is 19.4 Å². The number of nitrogens with zero attached hydrogens (tertiary/aromatic N) is 1. The lowest BCUT2D eigenvalue weighted by molar-refractivity contribution is 0.0867. The number of H-pyrrole nitrogens is 1. The summed E-state index contributed by atoms with van der Waals surface area (Å²) < 4.78 is 5.46. The van der Waals surface area contributed by atoms with Crippen molar-refractivity contribution in [1.82, 2.24) is 15.5 Å². The molecule has 21 heavy (non-hydrogen) atoms. The molecule has 0 radical (unpaired) electrons. The van der Waals surface area contributed by atoms with Gasteiger partial charge in [-0.15, -0.1) is 0 Å². The summed E-state index contributed by atoms with van der Waals surface area (Å²) in [6.07, 6.45) is 2.38. The Balaban J connectivity index is 1.85. The zero-order valence-corrected chi connectivity index (χ0v) is 12.4. The molecule has 3 rings (SSSR count). The fourth-order valence-electron chi connectivity index (χ4n) is 2.49. The zero-order valence-electron chi connectivity index (χ0n) is 11.6. The van der Waals surface area contributed by atoms with Gasteiger partial charge in [-0.2, -0.15) is 5.10 Å². The molecule has 1 saturated heterocycles. The van der Waals surface area contributed by atoms with Gasteiger partial charge in [0.15, 0.2) is 0 Å². The standard InChI is InChI=1S/C15H16ClN3O2/c1-9-13(6-7-21-9)18-15(20)11-8-17-19-14(11)10-4-2-3-5-12(10)16/h2-5,8-9,13H,6-7H2,1H3,(H,17,19)(H,18,20)/t9-,13-/m1/s1. The predicted octanol–water partition coefficient (Wildman–Crippen LogP) is 2.64. The highest BCUT2D eigenvalue weighted by atomic mass is 35.5. The smallest absolute Gasteiger partial charge is 0.255 e. The highest BCUT2D eigenvalue weighted by Gasteiger charge is 2.27. The number of hydrogen-bond acceptors (Lipinski definition) is 3. The Morgan fingerprint density at radius 3 is 3.00 bits per heavy atom. The molecule has 1 aliphatic heterocycles. The van der Waals surface area contributed by atoms with Crippen LogP contribution in [0, 0.1) is 0 Å². The molecular formula is C15H16ClN3O2. The minimum absolute atomic E-state index is 0.0321. The molecule has 1 aliphatic rings. The fourth-order valence-corrected chi connectivity index (χ4v) is 2.73. The van der Waals surface area contributed by atoms with Gasteiger partial charge in [0, 0.05) is 17.2 Å². The topological polar surface area (TPSA) is 67.0 Å². The van der Waals surface area contributed by atoms with E-state index in [1.54, 1.807) is 6.07 Å². The third kappa shape index (κ3) is 2.80. The van der Waals surface area contributed by atoms with Gasteiger partial charge >= 0.3 is 0 Å². The Labute approximate surface area is 127 Å². The molecule has 1 fully saturated rings. The van der Waals surface area contributed by atoms with Crippen molar-refractivity contribution >= 4 is 17.5 Å². The lowest BCUT2D eigenvalue weighted by atomic mass is 10.1. The number of nitrogens with one attached hydrogen (secondary N) is 2. The Kier molecular flexibility index (Phi) is 3.94. The Morgan fingerprint density at radius 1 is 1.48 bits per heavy atom. The molecule has 6 heteroatoms. The number of rotatable bonds is 3. The summed E-state index contributed by atoms with van der Waals surface area (Å²) in [6, 6.07) is 7.39. The maximum Gasteiger partial charge on any atom is 0.255 e. The van der Waals surface area contributed by atoms with Gasteiger partial charge in [-0.1, -0.05) is 29.8 Å². The number of ether oxygens (including phenoxy) is 1. The highest BCUT2D eigenvalue weighted by Crippen LogP contribution is 2.28. The van der Waals surface area contributed by atoms with E-state index in [0.29, 0.717) is 22.9 Å². The van der Waals surface area contributed by atoms with E-state index in [0.717, 1.165) is 12.0 Å². The van der Waals surface area contributed by atoms with E-state index < -0.39 is 0 Å². The van der Waals surface area contributed by atoms with E-state index in [2.05, 4.69) is 15.5 Å². The van der Waals surface area contributed by atoms with Crippen LogP contribution in [-0.2, 0) is 4.74 Å². The summed E-state index contributed by atoms with van der Waals surface area (Å²) in [6.45, 7) is 2.64. The molecule has 5 nitrogen and oxygen atoms in total. The molecular weight excluding hydrogens is 290 g/mol. The molecule has 2 N–H and O–H groups in total. The van der Waals surface area contributed by atoms with E-state index in [1.165, 1.54) is 6.20 Å². The van der Waals surface area contributed by atoms with Gasteiger partial charge < -0.3 is 10.1 Å². The van der Waals surface area contributed by atoms with Gasteiger partial charge in [0.2, 0.25) is 0 Å². The first-order valence-corrected chi connectivity index (χ1v) is 7.25. The lowest BCUT2D eigenvalue weighted by Gasteiger charge is -2.16. The number of aromatic nitrogens is 2. The molecule has 2 aromatic rings. The first-order chi connectivity index (χ1) is 10.2. The predicted molar refractivity (Wildman–Crippen MR) is 80.3 cm³/mol. The van der Waals surface area contributed by atoms with Crippen molar-refractivity contribution in [3.63, 3.8) is 0 Å². The van der Waals surface area contributed by atoms with Gasteiger partial charge in [-0.25, -0.2) is 0 Å². The lowest BCUT2D eigenvalue weighted by Crippen LogP contribution is -2.39. The summed E-state index contributed by atoms with van der Waals surface area (Å²) >= 11 is 6.19. The maximum atomic E-state index is 12.4. The van der Waals surface area contributed by atoms with Crippen LogP contribution in [0.3, 0.4) is 0 Å². The van der Waals surface area contributed by atoms with Crippen LogP contribution in [0.15, 0.2) is 30.5 Å². The first-order valence-electron chi connectivity index (χ1n) is 6.87. The second-order valence-corrected chi connectivity index (χ2v) is 5.49. The van der Waals surface area contributed by atoms with Crippen LogP contribution >= 0.6 is 11.6 Å². The van der Waals surface area contributed by atoms with E-state index >= 15 is 0 Å². The van der Waals surface area contributed by atoms with Gasteiger partial charge in [0.25, 0.3) is 5.91 Å². The molecule has 110 valence electrons. The van der Waals surface area contributed by atoms with Crippen LogP contribution in [-0.4, -0.2) is 34.9 Å². The van der Waals surface area contributed by atoms with Crippen molar-refractivity contribution in [2.45, 2.75) is 25.5 Å². The molecule has 2 atom stereocenters.